The maximum Gasteiger partial charge on any atom is 0.228 e. The molecule has 2 heterocycles. The molecule has 1 fully saturated rings. The van der Waals surface area contributed by atoms with Crippen LogP contribution in [0, 0.1) is 11.7 Å². The van der Waals surface area contributed by atoms with Crippen LogP contribution < -0.4 is 4.90 Å². The number of halogens is 1. The summed E-state index contributed by atoms with van der Waals surface area (Å²) in [5.74, 6) is -1.33. The van der Waals surface area contributed by atoms with E-state index >= 15 is 0 Å². The van der Waals surface area contributed by atoms with Crippen LogP contribution in [0.5, 0.6) is 0 Å². The van der Waals surface area contributed by atoms with Crippen LogP contribution in [0.15, 0.2) is 61.2 Å². The van der Waals surface area contributed by atoms with Gasteiger partial charge < -0.3 is 9.80 Å². The van der Waals surface area contributed by atoms with Crippen molar-refractivity contribution < 1.29 is 14.0 Å². The fraction of sp³-hybridized carbons (Fsp3) is 0.273. The van der Waals surface area contributed by atoms with Gasteiger partial charge in [-0.05, 0) is 36.8 Å². The van der Waals surface area contributed by atoms with Gasteiger partial charge in [-0.25, -0.2) is 14.1 Å². The van der Waals surface area contributed by atoms with Crippen LogP contribution in [0.1, 0.15) is 24.9 Å². The lowest BCUT2D eigenvalue weighted by Gasteiger charge is -2.28. The van der Waals surface area contributed by atoms with E-state index in [1.54, 1.807) is 41.2 Å². The van der Waals surface area contributed by atoms with Crippen LogP contribution in [-0.2, 0) is 9.59 Å². The van der Waals surface area contributed by atoms with Gasteiger partial charge in [-0.2, -0.15) is 5.10 Å². The summed E-state index contributed by atoms with van der Waals surface area (Å²) in [5, 5.41) is 4.10. The van der Waals surface area contributed by atoms with E-state index in [2.05, 4.69) is 10.1 Å². The summed E-state index contributed by atoms with van der Waals surface area (Å²) in [6.45, 7) is 2.12. The van der Waals surface area contributed by atoms with Crippen LogP contribution in [0.2, 0.25) is 0 Å². The molecule has 154 valence electrons. The third kappa shape index (κ3) is 3.68. The average Bonchev–Trinajstić information content (AvgIpc) is 3.43. The lowest BCUT2D eigenvalue weighted by molar-refractivity contribution is -0.136. The van der Waals surface area contributed by atoms with Crippen LogP contribution >= 0.6 is 0 Å². The number of carbonyl (C=O) groups excluding carboxylic acids is 2. The largest absolute Gasteiger partial charge is 0.339 e. The molecular weight excluding hydrogens is 385 g/mol. The number of para-hydroxylation sites is 1. The molecule has 1 aromatic heterocycles. The normalized spacial score (nSPS) is 17.2. The lowest BCUT2D eigenvalue weighted by Crippen LogP contribution is -2.36. The fourth-order valence-electron chi connectivity index (χ4n) is 3.73. The van der Waals surface area contributed by atoms with Crippen molar-refractivity contribution in [2.45, 2.75) is 19.4 Å². The number of amides is 2. The Bertz CT molecular complexity index is 1050. The van der Waals surface area contributed by atoms with E-state index in [1.165, 1.54) is 17.3 Å². The Balaban J connectivity index is 1.45. The highest BCUT2D eigenvalue weighted by Gasteiger charge is 2.38. The van der Waals surface area contributed by atoms with Crippen molar-refractivity contribution in [3.63, 3.8) is 0 Å². The molecule has 0 spiro atoms. The van der Waals surface area contributed by atoms with E-state index in [-0.39, 0.29) is 36.5 Å². The average molecular weight is 407 g/mol. The molecule has 2 amide bonds. The van der Waals surface area contributed by atoms with E-state index in [0.717, 1.165) is 11.3 Å². The topological polar surface area (TPSA) is 71.3 Å². The van der Waals surface area contributed by atoms with Crippen LogP contribution in [0.25, 0.3) is 5.69 Å². The molecule has 0 radical (unpaired) electrons. The van der Waals surface area contributed by atoms with Crippen molar-refractivity contribution in [3.8, 4) is 5.69 Å². The van der Waals surface area contributed by atoms with Crippen LogP contribution in [-0.4, -0.2) is 45.1 Å². The molecule has 30 heavy (non-hydrogen) atoms. The molecule has 0 N–H and O–H groups in total. The lowest BCUT2D eigenvalue weighted by atomic mass is 10.0. The molecule has 2 atom stereocenters. The first kappa shape index (κ1) is 19.8. The second-order valence-electron chi connectivity index (χ2n) is 7.41. The Kier molecular flexibility index (Phi) is 5.31. The van der Waals surface area contributed by atoms with E-state index < -0.39 is 11.7 Å². The summed E-state index contributed by atoms with van der Waals surface area (Å²) >= 11 is 0. The van der Waals surface area contributed by atoms with Crippen molar-refractivity contribution in [3.05, 3.63) is 72.6 Å². The summed E-state index contributed by atoms with van der Waals surface area (Å²) < 4.78 is 15.7. The van der Waals surface area contributed by atoms with Gasteiger partial charge in [-0.15, -0.1) is 0 Å². The zero-order valence-electron chi connectivity index (χ0n) is 16.8. The van der Waals surface area contributed by atoms with Gasteiger partial charge in [-0.3, -0.25) is 9.59 Å². The molecule has 3 aromatic rings. The minimum Gasteiger partial charge on any atom is -0.339 e. The second-order valence-corrected chi connectivity index (χ2v) is 7.41. The molecule has 2 unspecified atom stereocenters. The molecule has 1 aliphatic rings. The highest BCUT2D eigenvalue weighted by Crippen LogP contribution is 2.30. The number of nitrogens with zero attached hydrogens (tertiary/aromatic N) is 5. The number of aromatic nitrogens is 3. The third-order valence-electron chi connectivity index (χ3n) is 5.60. The summed E-state index contributed by atoms with van der Waals surface area (Å²) in [5.41, 5.74) is 2.06. The first-order chi connectivity index (χ1) is 14.5. The number of rotatable bonds is 5. The van der Waals surface area contributed by atoms with E-state index in [0.29, 0.717) is 0 Å². The smallest absolute Gasteiger partial charge is 0.228 e. The third-order valence-corrected chi connectivity index (χ3v) is 5.60. The van der Waals surface area contributed by atoms with Gasteiger partial charge in [0.25, 0.3) is 0 Å². The minimum absolute atomic E-state index is 0.0788. The number of benzene rings is 2. The molecule has 1 saturated heterocycles. The summed E-state index contributed by atoms with van der Waals surface area (Å²) in [6.07, 6.45) is 3.17. The summed E-state index contributed by atoms with van der Waals surface area (Å²) in [6, 6.07) is 13.7. The highest BCUT2D eigenvalue weighted by molar-refractivity contribution is 6.00. The molecule has 0 aliphatic carbocycles. The van der Waals surface area contributed by atoms with Crippen LogP contribution in [0.4, 0.5) is 10.1 Å². The Labute approximate surface area is 173 Å². The van der Waals surface area contributed by atoms with Gasteiger partial charge in [-0.1, -0.05) is 24.3 Å². The van der Waals surface area contributed by atoms with Crippen molar-refractivity contribution in [1.29, 1.82) is 0 Å². The van der Waals surface area contributed by atoms with E-state index in [4.69, 9.17) is 0 Å². The van der Waals surface area contributed by atoms with Gasteiger partial charge >= 0.3 is 0 Å². The minimum atomic E-state index is -0.501. The Morgan fingerprint density at radius 1 is 1.20 bits per heavy atom. The number of anilines is 1. The predicted molar refractivity (Wildman–Crippen MR) is 109 cm³/mol. The summed E-state index contributed by atoms with van der Waals surface area (Å²) in [7, 11) is 1.73. The summed E-state index contributed by atoms with van der Waals surface area (Å²) in [4.78, 5) is 32.4. The van der Waals surface area contributed by atoms with Gasteiger partial charge in [0.1, 0.15) is 18.5 Å². The Morgan fingerprint density at radius 3 is 2.60 bits per heavy atom. The highest BCUT2D eigenvalue weighted by atomic mass is 19.1. The van der Waals surface area contributed by atoms with Crippen molar-refractivity contribution in [2.24, 2.45) is 5.92 Å². The van der Waals surface area contributed by atoms with Crippen molar-refractivity contribution in [1.82, 2.24) is 19.7 Å². The maximum atomic E-state index is 14.1. The van der Waals surface area contributed by atoms with Crippen LogP contribution in [0.3, 0.4) is 0 Å². The number of hydrogen-bond donors (Lipinski definition) is 0. The Hall–Kier alpha value is -3.55. The molecule has 0 saturated carbocycles. The number of carbonyl (C=O) groups is 2. The van der Waals surface area contributed by atoms with E-state index in [9.17, 15) is 14.0 Å². The quantitative estimate of drug-likeness (QED) is 0.652. The van der Waals surface area contributed by atoms with Crippen molar-refractivity contribution >= 4 is 17.5 Å². The number of hydrogen-bond acceptors (Lipinski definition) is 4. The van der Waals surface area contributed by atoms with E-state index in [1.807, 2.05) is 31.2 Å². The standard InChI is InChI=1S/C22H22FN5O2/c1-15(16-7-9-18(10-8-16)28-14-24-13-25-28)26(2)22(30)17-11-21(29)27(12-17)20-6-4-3-5-19(20)23/h3-10,13-15,17H,11-12H2,1-2H3. The first-order valence-corrected chi connectivity index (χ1v) is 9.72. The molecule has 4 rings (SSSR count). The zero-order valence-corrected chi connectivity index (χ0v) is 16.8. The van der Waals surface area contributed by atoms with Gasteiger partial charge in [0, 0.05) is 20.0 Å². The monoisotopic (exact) mass is 407 g/mol. The molecule has 2 aromatic carbocycles. The first-order valence-electron chi connectivity index (χ1n) is 9.72. The Morgan fingerprint density at radius 2 is 1.93 bits per heavy atom. The predicted octanol–water partition coefficient (Wildman–Crippen LogP) is 2.98. The molecule has 8 heteroatoms. The fourth-order valence-corrected chi connectivity index (χ4v) is 3.73. The zero-order chi connectivity index (χ0) is 21.3. The van der Waals surface area contributed by atoms with Gasteiger partial charge in [0.05, 0.1) is 23.3 Å². The van der Waals surface area contributed by atoms with Crippen molar-refractivity contribution in [2.75, 3.05) is 18.5 Å². The molecule has 7 nitrogen and oxygen atoms in total. The second kappa shape index (κ2) is 8.06. The molecule has 0 bridgehead atoms. The van der Waals surface area contributed by atoms with Gasteiger partial charge in [0.15, 0.2) is 0 Å². The molecule has 1 aliphatic heterocycles. The molecular formula is C22H22FN5O2. The van der Waals surface area contributed by atoms with Gasteiger partial charge in [0.2, 0.25) is 11.8 Å². The SMILES string of the molecule is CC(c1ccc(-n2cncn2)cc1)N(C)C(=O)C1CC(=O)N(c2ccccc2F)C1. The maximum absolute atomic E-state index is 14.1.